The number of carbonyl (C=O) groups is 3. The molecule has 2 aromatic rings. The van der Waals surface area contributed by atoms with Crippen LogP contribution in [0, 0.1) is 0 Å². The van der Waals surface area contributed by atoms with Crippen molar-refractivity contribution in [1.82, 2.24) is 5.32 Å². The van der Waals surface area contributed by atoms with Gasteiger partial charge in [-0.2, -0.15) is 25.3 Å². The Morgan fingerprint density at radius 1 is 0.971 bits per heavy atom. The molecule has 0 saturated heterocycles. The van der Waals surface area contributed by atoms with E-state index in [-0.39, 0.29) is 41.9 Å². The third kappa shape index (κ3) is 12.1. The number of carbonyl (C=O) groups excluding carboxylic acids is 1. The number of thiol groups is 2. The predicted molar refractivity (Wildman–Crippen MR) is 147 cm³/mol. The molecule has 0 spiro atoms. The fourth-order valence-electron chi connectivity index (χ4n) is 2.28. The Hall–Kier alpha value is -1.20. The Kier molecular flexibility index (Phi) is 14.6. The summed E-state index contributed by atoms with van der Waals surface area (Å²) in [5, 5.41) is 20.6. The molecule has 188 valence electrons. The average molecular weight is 552 g/mol. The van der Waals surface area contributed by atoms with E-state index in [0.29, 0.717) is 5.02 Å². The average Bonchev–Trinajstić information content (AvgIpc) is 2.76. The van der Waals surface area contributed by atoms with Gasteiger partial charge in [0.2, 0.25) is 5.91 Å². The molecule has 1 amide bonds. The fourth-order valence-corrected chi connectivity index (χ4v) is 2.72. The molecule has 0 bridgehead atoms. The van der Waals surface area contributed by atoms with E-state index >= 15 is 0 Å². The van der Waals surface area contributed by atoms with Crippen LogP contribution in [0.2, 0.25) is 5.02 Å². The molecule has 2 aromatic carbocycles. The Morgan fingerprint density at radius 2 is 1.43 bits per heavy atom. The summed E-state index contributed by atoms with van der Waals surface area (Å²) in [7, 11) is 0. The number of ether oxygens (including phenoxy) is 1. The van der Waals surface area contributed by atoms with Gasteiger partial charge in [-0.25, -0.2) is 9.59 Å². The number of carboxylic acids is 2. The van der Waals surface area contributed by atoms with Crippen molar-refractivity contribution in [3.05, 3.63) is 59.1 Å². The van der Waals surface area contributed by atoms with Gasteiger partial charge in [0, 0.05) is 10.8 Å². The first-order valence-corrected chi connectivity index (χ1v) is 11.7. The molecule has 0 unspecified atom stereocenters. The van der Waals surface area contributed by atoms with E-state index in [4.69, 9.17) is 26.6 Å². The minimum atomic E-state index is -1.19. The van der Waals surface area contributed by atoms with E-state index < -0.39 is 34.2 Å². The third-order valence-electron chi connectivity index (χ3n) is 4.59. The van der Waals surface area contributed by atoms with Gasteiger partial charge in [-0.3, -0.25) is 4.79 Å². The Labute approximate surface area is 244 Å². The molecule has 3 N–H and O–H groups in total. The van der Waals surface area contributed by atoms with Crippen LogP contribution in [0.4, 0.5) is 0 Å². The summed E-state index contributed by atoms with van der Waals surface area (Å²) in [6.45, 7) is 6.51. The number of benzene rings is 2. The van der Waals surface area contributed by atoms with E-state index in [0.717, 1.165) is 16.7 Å². The van der Waals surface area contributed by atoms with Gasteiger partial charge in [-0.1, -0.05) is 48.0 Å². The molecule has 0 aliphatic rings. The van der Waals surface area contributed by atoms with Crippen LogP contribution in [0.5, 0.6) is 0 Å². The summed E-state index contributed by atoms with van der Waals surface area (Å²) in [5.41, 5.74) is 1.90. The van der Waals surface area contributed by atoms with Crippen LogP contribution in [0.15, 0.2) is 48.5 Å². The van der Waals surface area contributed by atoms with Crippen LogP contribution < -0.4 is 5.32 Å². The van der Waals surface area contributed by atoms with Crippen molar-refractivity contribution >= 4 is 84.3 Å². The van der Waals surface area contributed by atoms with Crippen LogP contribution in [0.3, 0.4) is 0 Å². The Balaban J connectivity index is 0.000000720. The number of nitrogens with one attached hydrogen (secondary N) is 1. The third-order valence-corrected chi connectivity index (χ3v) is 5.41. The van der Waals surface area contributed by atoms with E-state index in [1.165, 1.54) is 13.8 Å². The summed E-state index contributed by atoms with van der Waals surface area (Å²) in [5.74, 6) is -2.43. The van der Waals surface area contributed by atoms with Crippen LogP contribution in [-0.2, 0) is 25.7 Å². The van der Waals surface area contributed by atoms with E-state index in [1.807, 2.05) is 48.5 Å². The van der Waals surface area contributed by atoms with E-state index in [1.54, 1.807) is 13.8 Å². The summed E-state index contributed by atoms with van der Waals surface area (Å²) in [6, 6.07) is 14.5. The van der Waals surface area contributed by atoms with Gasteiger partial charge in [0.1, 0.15) is 6.04 Å². The topological polar surface area (TPSA) is 113 Å². The number of rotatable bonds is 9. The molecule has 0 fully saturated rings. The van der Waals surface area contributed by atoms with E-state index in [2.05, 4.69) is 30.6 Å². The fraction of sp³-hybridized carbons (Fsp3) is 0.375. The zero-order valence-electron chi connectivity index (χ0n) is 19.4. The van der Waals surface area contributed by atoms with Gasteiger partial charge in [-0.05, 0) is 56.5 Å². The SMILES string of the molecule is CC(C)(OCc1ccc(-c2ccc(Cl)cc2)cc1)C(=O)O.CC(C)(S)C(=O)N[C@@H](CS)C(=O)O.[NaH]. The monoisotopic (exact) mass is 551 g/mol. The van der Waals surface area contributed by atoms with Gasteiger partial charge in [0.25, 0.3) is 0 Å². The quantitative estimate of drug-likeness (QED) is 0.238. The maximum atomic E-state index is 11.3. The number of aliphatic carboxylic acids is 2. The number of carboxylic acid groups (broad SMARTS) is 2. The molecule has 2 rings (SSSR count). The first-order chi connectivity index (χ1) is 15.7. The zero-order chi connectivity index (χ0) is 26.1. The van der Waals surface area contributed by atoms with Gasteiger partial charge in [-0.15, -0.1) is 0 Å². The van der Waals surface area contributed by atoms with Gasteiger partial charge >= 0.3 is 41.5 Å². The van der Waals surface area contributed by atoms with E-state index in [9.17, 15) is 14.4 Å². The molecule has 35 heavy (non-hydrogen) atoms. The van der Waals surface area contributed by atoms with Gasteiger partial charge in [0.15, 0.2) is 5.60 Å². The van der Waals surface area contributed by atoms with Crippen molar-refractivity contribution in [3.8, 4) is 11.1 Å². The predicted octanol–water partition coefficient (Wildman–Crippen LogP) is 3.93. The number of hydrogen-bond acceptors (Lipinski definition) is 6. The first kappa shape index (κ1) is 33.8. The van der Waals surface area contributed by atoms with Crippen molar-refractivity contribution in [2.24, 2.45) is 0 Å². The van der Waals surface area contributed by atoms with Crippen molar-refractivity contribution in [2.45, 2.75) is 50.7 Å². The summed E-state index contributed by atoms with van der Waals surface area (Å²) < 4.78 is 4.54. The molecule has 1 atom stereocenters. The zero-order valence-corrected chi connectivity index (χ0v) is 22.0. The minimum absolute atomic E-state index is 0. The molecule has 0 aliphatic carbocycles. The molecule has 7 nitrogen and oxygen atoms in total. The van der Waals surface area contributed by atoms with Gasteiger partial charge in [0.05, 0.1) is 11.4 Å². The van der Waals surface area contributed by atoms with Crippen molar-refractivity contribution in [2.75, 3.05) is 5.75 Å². The first-order valence-electron chi connectivity index (χ1n) is 10.3. The summed E-state index contributed by atoms with van der Waals surface area (Å²) in [6.07, 6.45) is 0. The normalized spacial score (nSPS) is 11.9. The number of hydrogen-bond donors (Lipinski definition) is 5. The summed E-state index contributed by atoms with van der Waals surface area (Å²) >= 11 is 13.7. The second-order valence-corrected chi connectivity index (χ2v) is 10.3. The van der Waals surface area contributed by atoms with Crippen molar-refractivity contribution in [1.29, 1.82) is 0 Å². The molecule has 0 saturated carbocycles. The molecule has 0 aliphatic heterocycles. The number of amides is 1. The molecule has 0 aromatic heterocycles. The second kappa shape index (κ2) is 15.1. The maximum absolute atomic E-state index is 11.3. The standard InChI is InChI=1S/C17H17ClO3.C7H13NO3S2.Na.H/c1-17(2,16(19)20)21-11-12-3-5-13(6-4-12)14-7-9-15(18)10-8-14;1-7(2,13)6(11)8-4(3-12)5(9)10;;/h3-10H,11H2,1-2H3,(H,19,20);4,12-13H,3H2,1-2H3,(H,8,11)(H,9,10);;/t;4-;;/m.0../s1. The molecule has 0 heterocycles. The van der Waals surface area contributed by atoms with Crippen LogP contribution in [0.25, 0.3) is 11.1 Å². The molecular formula is C24H31ClNNaO6S2. The van der Waals surface area contributed by atoms with Crippen LogP contribution in [-0.4, -0.2) is 79.8 Å². The number of halogens is 1. The molecular weight excluding hydrogens is 521 g/mol. The van der Waals surface area contributed by atoms with Crippen molar-refractivity contribution in [3.63, 3.8) is 0 Å². The van der Waals surface area contributed by atoms with Crippen molar-refractivity contribution < 1.29 is 29.3 Å². The molecule has 0 radical (unpaired) electrons. The van der Waals surface area contributed by atoms with Crippen LogP contribution in [0.1, 0.15) is 33.3 Å². The summed E-state index contributed by atoms with van der Waals surface area (Å²) in [4.78, 5) is 32.7. The Bertz CT molecular complexity index is 979. The van der Waals surface area contributed by atoms with Crippen LogP contribution >= 0.6 is 36.9 Å². The van der Waals surface area contributed by atoms with Gasteiger partial charge < -0.3 is 20.3 Å². The molecule has 11 heteroatoms. The Morgan fingerprint density at radius 3 is 1.80 bits per heavy atom. The second-order valence-electron chi connectivity index (χ2n) is 8.41.